The van der Waals surface area contributed by atoms with Crippen LogP contribution in [0.1, 0.15) is 21.1 Å². The average Bonchev–Trinajstić information content (AvgIpc) is 2.86. The fourth-order valence-corrected chi connectivity index (χ4v) is 4.00. The van der Waals surface area contributed by atoms with Crippen LogP contribution in [-0.4, -0.2) is 34.9 Å². The Labute approximate surface area is 157 Å². The number of thiophene rings is 1. The largest absolute Gasteiger partial charge is 0.320 e. The molecule has 0 aliphatic rings. The molecule has 2 aromatic heterocycles. The molecular weight excluding hydrogens is 404 g/mol. The number of H-pyrrole nitrogens is 1. The number of anilines is 1. The van der Waals surface area contributed by atoms with Crippen LogP contribution in [0, 0.1) is 6.92 Å². The Balaban J connectivity index is 2.01. The summed E-state index contributed by atoms with van der Waals surface area (Å²) < 4.78 is 0.798. The molecule has 0 radical (unpaired) electrons. The van der Waals surface area contributed by atoms with Crippen molar-refractivity contribution in [2.24, 2.45) is 0 Å². The molecule has 3 rings (SSSR count). The lowest BCUT2D eigenvalue weighted by Crippen LogP contribution is -2.18. The van der Waals surface area contributed by atoms with Crippen molar-refractivity contribution in [3.8, 4) is 0 Å². The molecule has 25 heavy (non-hydrogen) atoms. The minimum atomic E-state index is -0.249. The number of aryl methyl sites for hydroxylation is 1. The summed E-state index contributed by atoms with van der Waals surface area (Å²) in [5, 5.41) is 3.35. The van der Waals surface area contributed by atoms with Gasteiger partial charge in [0.15, 0.2) is 0 Å². The van der Waals surface area contributed by atoms with E-state index in [1.807, 2.05) is 43.3 Å². The summed E-state index contributed by atoms with van der Waals surface area (Å²) in [6.45, 7) is 2.30. The first-order valence-electron chi connectivity index (χ1n) is 7.59. The number of nitrogens with zero attached hydrogens (tertiary/aromatic N) is 2. The van der Waals surface area contributed by atoms with E-state index in [1.54, 1.807) is 6.92 Å². The summed E-state index contributed by atoms with van der Waals surface area (Å²) in [5.74, 6) is 0.336. The molecule has 1 aromatic carbocycles. The molecule has 8 heteroatoms. The molecule has 0 aliphatic heterocycles. The Morgan fingerprint density at radius 2 is 2.08 bits per heavy atom. The smallest absolute Gasteiger partial charge is 0.266 e. The van der Waals surface area contributed by atoms with Crippen molar-refractivity contribution >= 4 is 49.1 Å². The number of rotatable bonds is 4. The lowest BCUT2D eigenvalue weighted by molar-refractivity contribution is 0.103. The number of amides is 1. The highest BCUT2D eigenvalue weighted by Crippen LogP contribution is 2.29. The van der Waals surface area contributed by atoms with Crippen molar-refractivity contribution in [3.63, 3.8) is 0 Å². The van der Waals surface area contributed by atoms with Gasteiger partial charge in [0.2, 0.25) is 0 Å². The summed E-state index contributed by atoms with van der Waals surface area (Å²) >= 11 is 4.65. The Morgan fingerprint density at radius 1 is 1.36 bits per heavy atom. The van der Waals surface area contributed by atoms with Gasteiger partial charge in [0.1, 0.15) is 10.7 Å². The van der Waals surface area contributed by atoms with Crippen LogP contribution in [0.15, 0.2) is 33.5 Å². The first-order chi connectivity index (χ1) is 11.9. The van der Waals surface area contributed by atoms with Crippen LogP contribution in [-0.2, 0) is 6.54 Å². The van der Waals surface area contributed by atoms with E-state index >= 15 is 0 Å². The fraction of sp³-hybridized carbons (Fsp3) is 0.235. The lowest BCUT2D eigenvalue weighted by atomic mass is 10.2. The number of benzene rings is 1. The summed E-state index contributed by atoms with van der Waals surface area (Å²) in [4.78, 5) is 35.3. The number of carbonyl (C=O) groups excluding carboxylic acids is 1. The fourth-order valence-electron chi connectivity index (χ4n) is 2.52. The Morgan fingerprint density at radius 3 is 2.76 bits per heavy atom. The van der Waals surface area contributed by atoms with Gasteiger partial charge in [-0.25, -0.2) is 4.98 Å². The average molecular weight is 421 g/mol. The molecule has 1 amide bonds. The minimum absolute atomic E-state index is 0.212. The third-order valence-corrected chi connectivity index (χ3v) is 5.52. The molecule has 3 aromatic rings. The second-order valence-corrected chi connectivity index (χ2v) is 7.77. The molecule has 130 valence electrons. The maximum absolute atomic E-state index is 12.7. The van der Waals surface area contributed by atoms with Crippen LogP contribution in [0.2, 0.25) is 0 Å². The third-order valence-electron chi connectivity index (χ3n) is 3.64. The van der Waals surface area contributed by atoms with E-state index < -0.39 is 0 Å². The van der Waals surface area contributed by atoms with Gasteiger partial charge in [-0.2, -0.15) is 0 Å². The van der Waals surface area contributed by atoms with E-state index in [2.05, 4.69) is 31.2 Å². The number of carbonyl (C=O) groups is 1. The van der Waals surface area contributed by atoms with Gasteiger partial charge in [-0.05, 0) is 54.6 Å². The zero-order valence-corrected chi connectivity index (χ0v) is 16.4. The number of para-hydroxylation sites is 1. The van der Waals surface area contributed by atoms with E-state index in [9.17, 15) is 9.59 Å². The van der Waals surface area contributed by atoms with Crippen molar-refractivity contribution in [1.82, 2.24) is 14.9 Å². The Bertz CT molecular complexity index is 1010. The van der Waals surface area contributed by atoms with Crippen LogP contribution in [0.3, 0.4) is 0 Å². The first-order valence-corrected chi connectivity index (χ1v) is 9.20. The molecule has 0 bridgehead atoms. The molecule has 0 spiro atoms. The topological polar surface area (TPSA) is 78.1 Å². The SMILES string of the molecule is Cc1c(C(=O)Nc2ccccc2Br)sc2nc(CN(C)C)[nH]c(=O)c12. The number of hydrogen-bond donors (Lipinski definition) is 2. The molecular formula is C17H17BrN4O2S. The number of nitrogens with one attached hydrogen (secondary N) is 2. The van der Waals surface area contributed by atoms with Crippen LogP contribution >= 0.6 is 27.3 Å². The second-order valence-electron chi connectivity index (χ2n) is 5.92. The zero-order chi connectivity index (χ0) is 18.1. The number of hydrogen-bond acceptors (Lipinski definition) is 5. The van der Waals surface area contributed by atoms with Crippen molar-refractivity contribution in [3.05, 3.63) is 55.4 Å². The third kappa shape index (κ3) is 3.65. The highest BCUT2D eigenvalue weighted by Gasteiger charge is 2.20. The summed E-state index contributed by atoms with van der Waals surface area (Å²) in [6.07, 6.45) is 0. The maximum Gasteiger partial charge on any atom is 0.266 e. The van der Waals surface area contributed by atoms with Gasteiger partial charge >= 0.3 is 0 Å². The number of fused-ring (bicyclic) bond motifs is 1. The molecule has 0 saturated carbocycles. The van der Waals surface area contributed by atoms with Gasteiger partial charge in [-0.3, -0.25) is 9.59 Å². The van der Waals surface area contributed by atoms with Gasteiger partial charge in [0.05, 0.1) is 22.5 Å². The van der Waals surface area contributed by atoms with Crippen LogP contribution < -0.4 is 10.9 Å². The number of halogens is 1. The quantitative estimate of drug-likeness (QED) is 0.677. The molecule has 2 N–H and O–H groups in total. The summed E-state index contributed by atoms with van der Waals surface area (Å²) in [5.41, 5.74) is 1.12. The molecule has 2 heterocycles. The van der Waals surface area contributed by atoms with Gasteiger partial charge in [-0.1, -0.05) is 12.1 Å². The van der Waals surface area contributed by atoms with Gasteiger partial charge in [-0.15, -0.1) is 11.3 Å². The molecule has 0 fully saturated rings. The molecule has 0 saturated heterocycles. The second kappa shape index (κ2) is 7.07. The monoisotopic (exact) mass is 420 g/mol. The van der Waals surface area contributed by atoms with E-state index in [-0.39, 0.29) is 11.5 Å². The van der Waals surface area contributed by atoms with Crippen molar-refractivity contribution < 1.29 is 4.79 Å². The molecule has 0 unspecified atom stereocenters. The maximum atomic E-state index is 12.7. The van der Waals surface area contributed by atoms with Gasteiger partial charge in [0, 0.05) is 4.47 Å². The Hall–Kier alpha value is -2.03. The van der Waals surface area contributed by atoms with Crippen LogP contribution in [0.4, 0.5) is 5.69 Å². The van der Waals surface area contributed by atoms with Gasteiger partial charge < -0.3 is 15.2 Å². The van der Waals surface area contributed by atoms with E-state index in [4.69, 9.17) is 0 Å². The normalized spacial score (nSPS) is 11.2. The minimum Gasteiger partial charge on any atom is -0.320 e. The van der Waals surface area contributed by atoms with E-state index in [0.29, 0.717) is 38.7 Å². The first kappa shape index (κ1) is 17.8. The van der Waals surface area contributed by atoms with Crippen LogP contribution in [0.25, 0.3) is 10.2 Å². The van der Waals surface area contributed by atoms with Crippen LogP contribution in [0.5, 0.6) is 0 Å². The molecule has 0 atom stereocenters. The zero-order valence-electron chi connectivity index (χ0n) is 14.0. The Kier molecular flexibility index (Phi) is 5.03. The van der Waals surface area contributed by atoms with Gasteiger partial charge in [0.25, 0.3) is 11.5 Å². The standard InChI is InChI=1S/C17H17BrN4O2S/c1-9-13-15(23)20-12(8-22(2)3)21-17(13)25-14(9)16(24)19-11-7-5-4-6-10(11)18/h4-7H,8H2,1-3H3,(H,19,24)(H,20,21,23). The number of aromatic amines is 1. The van der Waals surface area contributed by atoms with Crippen molar-refractivity contribution in [1.29, 1.82) is 0 Å². The van der Waals surface area contributed by atoms with Crippen molar-refractivity contribution in [2.75, 3.05) is 19.4 Å². The molecule has 0 aliphatic carbocycles. The van der Waals surface area contributed by atoms with E-state index in [1.165, 1.54) is 11.3 Å². The number of aromatic nitrogens is 2. The summed E-state index contributed by atoms with van der Waals surface area (Å²) in [6, 6.07) is 7.39. The summed E-state index contributed by atoms with van der Waals surface area (Å²) in [7, 11) is 3.81. The highest BCUT2D eigenvalue weighted by molar-refractivity contribution is 9.10. The molecule has 6 nitrogen and oxygen atoms in total. The van der Waals surface area contributed by atoms with E-state index in [0.717, 1.165) is 4.47 Å². The predicted molar refractivity (Wildman–Crippen MR) is 104 cm³/mol. The van der Waals surface area contributed by atoms with Crippen molar-refractivity contribution in [2.45, 2.75) is 13.5 Å². The predicted octanol–water partition coefficient (Wildman–Crippen LogP) is 3.37. The lowest BCUT2D eigenvalue weighted by Gasteiger charge is -2.07. The highest BCUT2D eigenvalue weighted by atomic mass is 79.9.